The Labute approximate surface area is 346 Å². The zero-order valence-electron chi connectivity index (χ0n) is 32.8. The Hall–Kier alpha value is -5.50. The molecule has 3 atom stereocenters. The Morgan fingerprint density at radius 3 is 2.51 bits per heavy atom. The van der Waals surface area contributed by atoms with Crippen LogP contribution in [0, 0.1) is 17.2 Å². The minimum absolute atomic E-state index is 0.142. The molecular weight excluding hydrogens is 767 g/mol. The van der Waals surface area contributed by atoms with Crippen LogP contribution in [0.1, 0.15) is 81.3 Å². The molecular formula is C43H47N11O4S. The molecule has 2 N–H and O–H groups in total. The summed E-state index contributed by atoms with van der Waals surface area (Å²) in [5.74, 6) is 0.446. The number of hydrogen-bond acceptors (Lipinski definition) is 14. The van der Waals surface area contributed by atoms with Gasteiger partial charge in [-0.15, -0.1) is 10.2 Å². The standard InChI is InChI=1S/C43H47N11O4S/c44-19-27-17-30-6-10-38(54(30)47-20-27)37-18-36(48-29-13-15-57-16-14-29)35(22-45-37)42-50-51-43(59-42)52-24-31-4-5-32(25-52)53(31)23-26-1-7-33(8-2-26)58-40-12-3-28(21-46-40)34-9-11-39(55)49-41(34)56/h3,6,10,12,17-18,20-22,26,29,31-34H,1-2,4-5,7-9,11,13-16,23-25H2,(H,45,48)(H,49,55,56)/t26-,31?,32?,33-,34-/m0/s1. The van der Waals surface area contributed by atoms with Crippen molar-refractivity contribution < 1.29 is 19.1 Å². The van der Waals surface area contributed by atoms with E-state index < -0.39 is 0 Å². The Morgan fingerprint density at radius 1 is 0.915 bits per heavy atom. The number of amides is 2. The molecule has 2 amide bonds. The molecule has 4 saturated heterocycles. The number of imide groups is 1. The summed E-state index contributed by atoms with van der Waals surface area (Å²) in [5.41, 5.74) is 5.73. The van der Waals surface area contributed by atoms with Crippen LogP contribution in [0.4, 0.5) is 10.8 Å². The Balaban J connectivity index is 0.770. The van der Waals surface area contributed by atoms with E-state index in [1.807, 2.05) is 41.0 Å². The summed E-state index contributed by atoms with van der Waals surface area (Å²) in [6.07, 6.45) is 14.8. The van der Waals surface area contributed by atoms with Gasteiger partial charge in [0.15, 0.2) is 5.01 Å². The SMILES string of the molecule is N#Cc1cnn2c(-c3cc(NC4CCOCC4)c(-c4nnc(N5CC6CCC(C5)N6C[C@H]5CC[C@H](Oc6ccc([C@@H]7CCC(=O)NC7=O)cn6)CC5)s4)cn3)ccc2c1. The number of carbonyl (C=O) groups is 2. The van der Waals surface area contributed by atoms with E-state index in [9.17, 15) is 14.9 Å². The van der Waals surface area contributed by atoms with Crippen LogP contribution < -0.4 is 20.3 Å². The highest BCUT2D eigenvalue weighted by Gasteiger charge is 2.42. The maximum atomic E-state index is 12.3. The predicted octanol–water partition coefficient (Wildman–Crippen LogP) is 5.58. The molecule has 1 saturated carbocycles. The summed E-state index contributed by atoms with van der Waals surface area (Å²) in [4.78, 5) is 38.5. The van der Waals surface area contributed by atoms with Gasteiger partial charge in [-0.25, -0.2) is 9.50 Å². The number of anilines is 2. The highest BCUT2D eigenvalue weighted by atomic mass is 32.1. The number of piperidine rings is 1. The van der Waals surface area contributed by atoms with E-state index in [1.54, 1.807) is 23.7 Å². The van der Waals surface area contributed by atoms with Crippen molar-refractivity contribution in [2.24, 2.45) is 5.92 Å². The van der Waals surface area contributed by atoms with E-state index in [4.69, 9.17) is 24.7 Å². The van der Waals surface area contributed by atoms with Crippen LogP contribution in [-0.4, -0.2) is 104 Å². The molecule has 1 aliphatic carbocycles. The Kier molecular flexibility index (Phi) is 10.4. The number of carbonyl (C=O) groups excluding carboxylic acids is 2. The van der Waals surface area contributed by atoms with Gasteiger partial charge in [0, 0.05) is 81.5 Å². The molecule has 59 heavy (non-hydrogen) atoms. The highest BCUT2D eigenvalue weighted by Crippen LogP contribution is 2.40. The number of ether oxygens (including phenoxy) is 2. The molecule has 2 bridgehead atoms. The van der Waals surface area contributed by atoms with E-state index in [0.29, 0.717) is 42.3 Å². The van der Waals surface area contributed by atoms with Gasteiger partial charge in [-0.2, -0.15) is 10.4 Å². The van der Waals surface area contributed by atoms with Gasteiger partial charge in [0.25, 0.3) is 0 Å². The molecule has 4 aliphatic heterocycles. The van der Waals surface area contributed by atoms with Gasteiger partial charge < -0.3 is 19.7 Å². The maximum Gasteiger partial charge on any atom is 0.234 e. The lowest BCUT2D eigenvalue weighted by Gasteiger charge is -2.43. The molecule has 0 spiro atoms. The molecule has 10 rings (SSSR count). The predicted molar refractivity (Wildman–Crippen MR) is 221 cm³/mol. The fourth-order valence-electron chi connectivity index (χ4n) is 9.68. The highest BCUT2D eigenvalue weighted by molar-refractivity contribution is 7.18. The van der Waals surface area contributed by atoms with Gasteiger partial charge in [-0.3, -0.25) is 24.8 Å². The molecule has 16 heteroatoms. The van der Waals surface area contributed by atoms with Crippen molar-refractivity contribution in [3.63, 3.8) is 0 Å². The number of fused-ring (bicyclic) bond motifs is 3. The minimum atomic E-state index is -0.338. The van der Waals surface area contributed by atoms with E-state index in [1.165, 1.54) is 12.8 Å². The number of hydrogen-bond donors (Lipinski definition) is 2. The number of nitrogens with one attached hydrogen (secondary N) is 2. The van der Waals surface area contributed by atoms with Gasteiger partial charge in [-0.05, 0) is 93.5 Å². The number of nitriles is 1. The maximum absolute atomic E-state index is 12.3. The Bertz CT molecular complexity index is 2370. The van der Waals surface area contributed by atoms with Crippen LogP contribution in [0.5, 0.6) is 5.88 Å². The number of aromatic nitrogens is 6. The van der Waals surface area contributed by atoms with Crippen LogP contribution in [0.25, 0.3) is 27.5 Å². The van der Waals surface area contributed by atoms with Crippen LogP contribution >= 0.6 is 11.3 Å². The Morgan fingerprint density at radius 2 is 1.75 bits per heavy atom. The van der Waals surface area contributed by atoms with Crippen LogP contribution in [0.2, 0.25) is 0 Å². The third-order valence-corrected chi connectivity index (χ3v) is 13.9. The number of nitrogens with zero attached hydrogens (tertiary/aromatic N) is 9. The number of pyridine rings is 2. The fourth-order valence-corrected chi connectivity index (χ4v) is 10.6. The van der Waals surface area contributed by atoms with Crippen LogP contribution in [-0.2, 0) is 14.3 Å². The van der Waals surface area contributed by atoms with Gasteiger partial charge in [0.1, 0.15) is 12.2 Å². The second kappa shape index (κ2) is 16.3. The second-order valence-electron chi connectivity index (χ2n) is 16.6. The third-order valence-electron chi connectivity index (χ3n) is 12.9. The first kappa shape index (κ1) is 37.7. The van der Waals surface area contributed by atoms with Gasteiger partial charge in [0.2, 0.25) is 22.8 Å². The van der Waals surface area contributed by atoms with Crippen molar-refractivity contribution in [2.75, 3.05) is 43.1 Å². The van der Waals surface area contributed by atoms with Crippen molar-refractivity contribution in [2.45, 2.75) is 94.4 Å². The molecule has 0 radical (unpaired) electrons. The lowest BCUT2D eigenvalue weighted by atomic mass is 9.86. The number of rotatable bonds is 10. The summed E-state index contributed by atoms with van der Waals surface area (Å²) < 4.78 is 13.8. The van der Waals surface area contributed by atoms with Gasteiger partial charge in [0.05, 0.1) is 40.1 Å². The average molecular weight is 814 g/mol. The van der Waals surface area contributed by atoms with Crippen molar-refractivity contribution in [3.05, 3.63) is 66.1 Å². The summed E-state index contributed by atoms with van der Waals surface area (Å²) >= 11 is 1.64. The molecule has 5 aromatic heterocycles. The summed E-state index contributed by atoms with van der Waals surface area (Å²) in [5, 5.41) is 31.4. The summed E-state index contributed by atoms with van der Waals surface area (Å²) in [7, 11) is 0. The monoisotopic (exact) mass is 813 g/mol. The van der Waals surface area contributed by atoms with Crippen LogP contribution in [0.3, 0.4) is 0 Å². The smallest absolute Gasteiger partial charge is 0.234 e. The molecule has 0 aromatic carbocycles. The molecule has 15 nitrogen and oxygen atoms in total. The summed E-state index contributed by atoms with van der Waals surface area (Å²) in [6.45, 7) is 4.50. The molecule has 5 aliphatic rings. The first-order valence-corrected chi connectivity index (χ1v) is 21.8. The van der Waals surface area contributed by atoms with Crippen molar-refractivity contribution >= 4 is 39.5 Å². The van der Waals surface area contributed by atoms with Gasteiger partial charge in [-0.1, -0.05) is 17.4 Å². The average Bonchev–Trinajstić information content (AvgIpc) is 3.98. The zero-order chi connectivity index (χ0) is 39.9. The van der Waals surface area contributed by atoms with Gasteiger partial charge >= 0.3 is 0 Å². The zero-order valence-corrected chi connectivity index (χ0v) is 33.6. The van der Waals surface area contributed by atoms with Crippen LogP contribution in [0.15, 0.2) is 55.0 Å². The molecule has 9 heterocycles. The quantitative estimate of drug-likeness (QED) is 0.167. The first-order chi connectivity index (χ1) is 28.9. The second-order valence-corrected chi connectivity index (χ2v) is 17.6. The van der Waals surface area contributed by atoms with E-state index >= 15 is 0 Å². The van der Waals surface area contributed by atoms with Crippen molar-refractivity contribution in [3.8, 4) is 33.9 Å². The lowest BCUT2D eigenvalue weighted by Crippen LogP contribution is -2.55. The van der Waals surface area contributed by atoms with E-state index in [0.717, 1.165) is 115 Å². The lowest BCUT2D eigenvalue weighted by molar-refractivity contribution is -0.134. The van der Waals surface area contributed by atoms with Crippen molar-refractivity contribution in [1.29, 1.82) is 5.26 Å². The molecule has 5 fully saturated rings. The van der Waals surface area contributed by atoms with Crippen molar-refractivity contribution in [1.82, 2.24) is 40.0 Å². The normalized spacial score (nSPS) is 25.2. The summed E-state index contributed by atoms with van der Waals surface area (Å²) in [6, 6.07) is 15.1. The molecule has 304 valence electrons. The third kappa shape index (κ3) is 7.86. The van der Waals surface area contributed by atoms with E-state index in [2.05, 4.69) is 42.7 Å². The first-order valence-electron chi connectivity index (χ1n) is 21.0. The molecule has 2 unspecified atom stereocenters. The van der Waals surface area contributed by atoms with E-state index in [-0.39, 0.29) is 29.9 Å². The fraction of sp³-hybridized carbons (Fsp3) is 0.488. The molecule has 5 aromatic rings. The number of piperazine rings is 1. The minimum Gasteiger partial charge on any atom is -0.474 e. The topological polar surface area (TPSA) is 176 Å². The largest absolute Gasteiger partial charge is 0.474 e.